The summed E-state index contributed by atoms with van der Waals surface area (Å²) in [5.74, 6) is 0.735. The normalized spacial score (nSPS) is 10.2. The molecule has 1 heterocycles. The number of anilines is 1. The van der Waals surface area contributed by atoms with E-state index in [2.05, 4.69) is 22.1 Å². The molecular formula is C15H18N2O2S. The summed E-state index contributed by atoms with van der Waals surface area (Å²) in [6.07, 6.45) is 0.952. The maximum absolute atomic E-state index is 11.7. The summed E-state index contributed by atoms with van der Waals surface area (Å²) >= 11 is 1.74. The van der Waals surface area contributed by atoms with Gasteiger partial charge in [-0.3, -0.25) is 4.79 Å². The zero-order valence-electron chi connectivity index (χ0n) is 11.4. The van der Waals surface area contributed by atoms with Crippen molar-refractivity contribution in [3.63, 3.8) is 0 Å². The fraction of sp³-hybridized carbons (Fsp3) is 0.267. The van der Waals surface area contributed by atoms with E-state index < -0.39 is 0 Å². The van der Waals surface area contributed by atoms with Crippen LogP contribution in [-0.4, -0.2) is 26.1 Å². The van der Waals surface area contributed by atoms with Gasteiger partial charge < -0.3 is 15.4 Å². The van der Waals surface area contributed by atoms with Crippen LogP contribution >= 0.6 is 11.3 Å². The van der Waals surface area contributed by atoms with Crippen LogP contribution in [0.25, 0.3) is 0 Å². The van der Waals surface area contributed by atoms with E-state index in [-0.39, 0.29) is 5.91 Å². The summed E-state index contributed by atoms with van der Waals surface area (Å²) in [4.78, 5) is 13.1. The highest BCUT2D eigenvalue weighted by molar-refractivity contribution is 7.09. The number of carbonyl (C=O) groups is 1. The van der Waals surface area contributed by atoms with Crippen LogP contribution in [-0.2, 0) is 11.2 Å². The number of hydrogen-bond acceptors (Lipinski definition) is 4. The molecule has 0 radical (unpaired) electrons. The van der Waals surface area contributed by atoms with E-state index in [1.807, 2.05) is 30.3 Å². The highest BCUT2D eigenvalue weighted by Crippen LogP contribution is 2.14. The Kier molecular flexibility index (Phi) is 5.58. The molecule has 0 bridgehead atoms. The van der Waals surface area contributed by atoms with E-state index in [0.29, 0.717) is 6.54 Å². The smallest absolute Gasteiger partial charge is 0.238 e. The summed E-state index contributed by atoms with van der Waals surface area (Å²) in [7, 11) is 1.62. The van der Waals surface area contributed by atoms with Crippen LogP contribution in [0.3, 0.4) is 0 Å². The Hall–Kier alpha value is -1.85. The van der Waals surface area contributed by atoms with Gasteiger partial charge in [0, 0.05) is 17.1 Å². The zero-order chi connectivity index (χ0) is 14.2. The molecule has 1 aromatic heterocycles. The number of nitrogens with one attached hydrogen (secondary N) is 2. The summed E-state index contributed by atoms with van der Waals surface area (Å²) in [6, 6.07) is 11.4. The Labute approximate surface area is 122 Å². The van der Waals surface area contributed by atoms with Gasteiger partial charge >= 0.3 is 0 Å². The molecule has 0 spiro atoms. The maximum Gasteiger partial charge on any atom is 0.238 e. The van der Waals surface area contributed by atoms with Crippen molar-refractivity contribution in [1.82, 2.24) is 5.32 Å². The van der Waals surface area contributed by atoms with Crippen molar-refractivity contribution in [3.8, 4) is 5.75 Å². The van der Waals surface area contributed by atoms with Gasteiger partial charge in [0.2, 0.25) is 5.91 Å². The van der Waals surface area contributed by atoms with Crippen molar-refractivity contribution in [1.29, 1.82) is 0 Å². The quantitative estimate of drug-likeness (QED) is 0.770. The van der Waals surface area contributed by atoms with Crippen LogP contribution in [0.4, 0.5) is 5.69 Å². The first kappa shape index (κ1) is 14.6. The van der Waals surface area contributed by atoms with Gasteiger partial charge in [-0.1, -0.05) is 6.07 Å². The van der Waals surface area contributed by atoms with E-state index in [9.17, 15) is 4.79 Å². The molecule has 106 valence electrons. The molecule has 0 unspecified atom stereocenters. The molecule has 0 atom stereocenters. The molecule has 0 fully saturated rings. The van der Waals surface area contributed by atoms with Gasteiger partial charge in [0.15, 0.2) is 0 Å². The van der Waals surface area contributed by atoms with Gasteiger partial charge in [-0.15, -0.1) is 11.3 Å². The number of hydrogen-bond donors (Lipinski definition) is 2. The molecule has 2 rings (SSSR count). The zero-order valence-corrected chi connectivity index (χ0v) is 12.2. The van der Waals surface area contributed by atoms with Gasteiger partial charge in [-0.25, -0.2) is 0 Å². The van der Waals surface area contributed by atoms with E-state index in [4.69, 9.17) is 4.74 Å². The van der Waals surface area contributed by atoms with Crippen LogP contribution in [0.1, 0.15) is 4.88 Å². The monoisotopic (exact) mass is 290 g/mol. The molecular weight excluding hydrogens is 272 g/mol. The minimum absolute atomic E-state index is 0.0404. The number of amides is 1. The lowest BCUT2D eigenvalue weighted by Crippen LogP contribution is -2.29. The first-order valence-corrected chi connectivity index (χ1v) is 7.33. The van der Waals surface area contributed by atoms with Gasteiger partial charge in [-0.05, 0) is 42.1 Å². The lowest BCUT2D eigenvalue weighted by Gasteiger charge is -2.07. The predicted octanol–water partition coefficient (Wildman–Crippen LogP) is 2.53. The molecule has 0 saturated carbocycles. The third-order valence-corrected chi connectivity index (χ3v) is 3.72. The number of thiophene rings is 1. The van der Waals surface area contributed by atoms with Gasteiger partial charge in [0.05, 0.1) is 13.7 Å². The average Bonchev–Trinajstić information content (AvgIpc) is 2.98. The minimum Gasteiger partial charge on any atom is -0.497 e. The molecule has 20 heavy (non-hydrogen) atoms. The molecule has 0 aliphatic carbocycles. The fourth-order valence-electron chi connectivity index (χ4n) is 1.75. The van der Waals surface area contributed by atoms with Crippen molar-refractivity contribution in [3.05, 3.63) is 46.7 Å². The summed E-state index contributed by atoms with van der Waals surface area (Å²) < 4.78 is 5.06. The third kappa shape index (κ3) is 4.68. The van der Waals surface area contributed by atoms with Crippen LogP contribution in [0, 0.1) is 0 Å². The second-order valence-electron chi connectivity index (χ2n) is 4.28. The Balaban J connectivity index is 1.66. The summed E-state index contributed by atoms with van der Waals surface area (Å²) in [5, 5.41) is 8.03. The molecule has 1 aromatic carbocycles. The van der Waals surface area contributed by atoms with Crippen LogP contribution in [0.2, 0.25) is 0 Å². The molecule has 2 aromatic rings. The van der Waals surface area contributed by atoms with Gasteiger partial charge in [0.1, 0.15) is 5.75 Å². The highest BCUT2D eigenvalue weighted by atomic mass is 32.1. The fourth-order valence-corrected chi connectivity index (χ4v) is 2.46. The van der Waals surface area contributed by atoms with Gasteiger partial charge in [-0.2, -0.15) is 0 Å². The molecule has 0 aliphatic rings. The largest absolute Gasteiger partial charge is 0.497 e. The molecule has 4 nitrogen and oxygen atoms in total. The first-order valence-electron chi connectivity index (χ1n) is 6.45. The molecule has 0 aliphatic heterocycles. The lowest BCUT2D eigenvalue weighted by atomic mass is 10.3. The number of methoxy groups -OCH3 is 1. The Morgan fingerprint density at radius 2 is 2.05 bits per heavy atom. The van der Waals surface area contributed by atoms with Crippen LogP contribution in [0.15, 0.2) is 41.8 Å². The van der Waals surface area contributed by atoms with Crippen LogP contribution in [0.5, 0.6) is 5.75 Å². The summed E-state index contributed by atoms with van der Waals surface area (Å²) in [5.41, 5.74) is 0.774. The molecule has 2 N–H and O–H groups in total. The van der Waals surface area contributed by atoms with Crippen LogP contribution < -0.4 is 15.4 Å². The highest BCUT2D eigenvalue weighted by Gasteiger charge is 2.02. The predicted molar refractivity (Wildman–Crippen MR) is 82.5 cm³/mol. The minimum atomic E-state index is -0.0404. The number of carbonyl (C=O) groups excluding carboxylic acids is 1. The van der Waals surface area contributed by atoms with E-state index in [0.717, 1.165) is 24.4 Å². The lowest BCUT2D eigenvalue weighted by molar-refractivity contribution is -0.115. The third-order valence-electron chi connectivity index (χ3n) is 2.79. The van der Waals surface area contributed by atoms with E-state index in [1.165, 1.54) is 4.88 Å². The Bertz CT molecular complexity index is 523. The van der Waals surface area contributed by atoms with Crippen molar-refractivity contribution < 1.29 is 9.53 Å². The number of benzene rings is 1. The second-order valence-corrected chi connectivity index (χ2v) is 5.32. The van der Waals surface area contributed by atoms with E-state index in [1.54, 1.807) is 18.4 Å². The van der Waals surface area contributed by atoms with Crippen molar-refractivity contribution in [2.24, 2.45) is 0 Å². The van der Waals surface area contributed by atoms with Crippen molar-refractivity contribution >= 4 is 22.9 Å². The standard InChI is InChI=1S/C15H18N2O2S/c1-19-13-6-4-12(5-7-13)17-15(18)11-16-9-8-14-3-2-10-20-14/h2-7,10,16H,8-9,11H2,1H3,(H,17,18). The SMILES string of the molecule is COc1ccc(NC(=O)CNCCc2cccs2)cc1. The summed E-state index contributed by atoms with van der Waals surface area (Å²) in [6.45, 7) is 1.12. The first-order chi connectivity index (χ1) is 9.78. The number of rotatable bonds is 7. The molecule has 1 amide bonds. The topological polar surface area (TPSA) is 50.4 Å². The Morgan fingerprint density at radius 3 is 2.70 bits per heavy atom. The van der Waals surface area contributed by atoms with Crippen molar-refractivity contribution in [2.75, 3.05) is 25.5 Å². The van der Waals surface area contributed by atoms with Gasteiger partial charge in [0.25, 0.3) is 0 Å². The Morgan fingerprint density at radius 1 is 1.25 bits per heavy atom. The number of ether oxygens (including phenoxy) is 1. The molecule has 5 heteroatoms. The second kappa shape index (κ2) is 7.67. The molecule has 0 saturated heterocycles. The van der Waals surface area contributed by atoms with Crippen molar-refractivity contribution in [2.45, 2.75) is 6.42 Å². The maximum atomic E-state index is 11.7. The van der Waals surface area contributed by atoms with E-state index >= 15 is 0 Å². The average molecular weight is 290 g/mol.